The summed E-state index contributed by atoms with van der Waals surface area (Å²) >= 11 is 0. The summed E-state index contributed by atoms with van der Waals surface area (Å²) in [6.07, 6.45) is 3.28. The predicted octanol–water partition coefficient (Wildman–Crippen LogP) is -1.87. The Morgan fingerprint density at radius 3 is 1.15 bits per heavy atom. The summed E-state index contributed by atoms with van der Waals surface area (Å²) in [7, 11) is 13.3. The number of carbonyl (C=O) groups excluding carboxylic acids is 1. The molecule has 0 fully saturated rings. The normalized spacial score (nSPS) is 10.0. The highest BCUT2D eigenvalue weighted by atomic mass is 35.5. The number of hydrogen-bond donors (Lipinski definition) is 0. The van der Waals surface area contributed by atoms with Crippen LogP contribution in [-0.2, 0) is 4.79 Å². The zero-order valence-electron chi connectivity index (χ0n) is 14.7. The Morgan fingerprint density at radius 1 is 0.950 bits per heavy atom. The third-order valence-electron chi connectivity index (χ3n) is 1.96. The van der Waals surface area contributed by atoms with Gasteiger partial charge in [-0.25, -0.2) is 0 Å². The number of hydrogen-bond acceptors (Lipinski definition) is 2. The van der Waals surface area contributed by atoms with Crippen molar-refractivity contribution < 1.29 is 31.3 Å². The minimum absolute atomic E-state index is 0. The second-order valence-electron chi connectivity index (χ2n) is 6.55. The molecule has 0 aromatic carbocycles. The lowest BCUT2D eigenvalue weighted by Gasteiger charge is -2.22. The summed E-state index contributed by atoms with van der Waals surface area (Å²) in [5, 5.41) is 9.14. The molecule has 0 rings (SSSR count). The number of aliphatic carboxylic acids is 1. The van der Waals surface area contributed by atoms with Crippen molar-refractivity contribution in [1.29, 1.82) is 0 Å². The first kappa shape index (κ1) is 27.7. The zero-order valence-corrected chi connectivity index (χ0v) is 15.5. The van der Waals surface area contributed by atoms with Gasteiger partial charge in [0.1, 0.15) is 0 Å². The van der Waals surface area contributed by atoms with Crippen LogP contribution in [0, 0.1) is 0 Å². The van der Waals surface area contributed by atoms with Crippen LogP contribution in [0.3, 0.4) is 0 Å². The van der Waals surface area contributed by atoms with Gasteiger partial charge in [0.25, 0.3) is 0 Å². The van der Waals surface area contributed by atoms with Gasteiger partial charge in [0.15, 0.2) is 0 Å². The van der Waals surface area contributed by atoms with Crippen LogP contribution in [0.4, 0.5) is 0 Å². The Labute approximate surface area is 132 Å². The number of nitrogens with zero attached hydrogens (tertiary/aromatic N) is 2. The van der Waals surface area contributed by atoms with Gasteiger partial charge < -0.3 is 31.3 Å². The molecule has 4 nitrogen and oxygen atoms in total. The molecule has 0 aliphatic carbocycles. The minimum Gasteiger partial charge on any atom is -1.00 e. The highest BCUT2D eigenvalue weighted by Crippen LogP contribution is 1.90. The van der Waals surface area contributed by atoms with E-state index in [9.17, 15) is 0 Å². The van der Waals surface area contributed by atoms with Crippen LogP contribution < -0.4 is 17.5 Å². The van der Waals surface area contributed by atoms with Gasteiger partial charge in [-0.15, -0.1) is 0 Å². The molecule has 0 bridgehead atoms. The Balaban J connectivity index is -0.0000000952. The lowest BCUT2D eigenvalue weighted by molar-refractivity contribution is -0.870. The van der Waals surface area contributed by atoms with Gasteiger partial charge in [-0.1, -0.05) is 20.4 Å². The summed E-state index contributed by atoms with van der Waals surface area (Å²) in [6, 6.07) is 0. The van der Waals surface area contributed by atoms with E-state index in [0.717, 1.165) is 15.0 Å². The summed E-state index contributed by atoms with van der Waals surface area (Å²) in [6.45, 7) is 9.88. The van der Waals surface area contributed by atoms with Gasteiger partial charge in [-0.3, -0.25) is 0 Å². The molecule has 0 aliphatic heterocycles. The van der Waals surface area contributed by atoms with Gasteiger partial charge >= 0.3 is 0 Å². The average Bonchev–Trinajstić information content (AvgIpc) is 2.15. The fraction of sp³-hybridized carbons (Fsp3) is 0.800. The van der Waals surface area contributed by atoms with Crippen molar-refractivity contribution in [2.45, 2.75) is 26.7 Å². The van der Waals surface area contributed by atoms with Crippen LogP contribution in [0.25, 0.3) is 0 Å². The van der Waals surface area contributed by atoms with E-state index < -0.39 is 5.97 Å². The molecule has 124 valence electrons. The molecule has 0 spiro atoms. The lowest BCUT2D eigenvalue weighted by Crippen LogP contribution is -3.00. The number of quaternary nitrogens is 2. The number of rotatable bonds is 5. The zero-order chi connectivity index (χ0) is 16.1. The predicted molar refractivity (Wildman–Crippen MR) is 81.6 cm³/mol. The number of carbonyl (C=O) groups is 1. The monoisotopic (exact) mass is 310 g/mol. The van der Waals surface area contributed by atoms with E-state index in [0.29, 0.717) is 0 Å². The van der Waals surface area contributed by atoms with Crippen LogP contribution >= 0.6 is 0 Å². The van der Waals surface area contributed by atoms with Gasteiger partial charge in [0, 0.05) is 0 Å². The molecule has 0 amide bonds. The van der Waals surface area contributed by atoms with E-state index in [1.54, 1.807) is 0 Å². The molecule has 0 aromatic heterocycles. The standard InChI is InChI=1S/2C6H16N.C3H4O2.ClH/c2*1-5-6-7(2,3)4;1-2-3(4)5;/h2*5-6H2,1-4H3;2H,1H2,(H,4,5);1H/q2*+1;;/p-2. The van der Waals surface area contributed by atoms with E-state index in [2.05, 4.69) is 62.7 Å². The molecule has 20 heavy (non-hydrogen) atoms. The highest BCUT2D eigenvalue weighted by Gasteiger charge is 2.01. The van der Waals surface area contributed by atoms with Crippen molar-refractivity contribution in [3.05, 3.63) is 12.7 Å². The summed E-state index contributed by atoms with van der Waals surface area (Å²) < 4.78 is 2.19. The van der Waals surface area contributed by atoms with Crippen LogP contribution in [-0.4, -0.2) is 70.3 Å². The minimum atomic E-state index is -1.23. The van der Waals surface area contributed by atoms with Gasteiger partial charge in [-0.2, -0.15) is 0 Å². The van der Waals surface area contributed by atoms with Crippen LogP contribution in [0.1, 0.15) is 26.7 Å². The maximum Gasteiger partial charge on any atom is 0.0777 e. The van der Waals surface area contributed by atoms with E-state index in [1.807, 2.05) is 0 Å². The fourth-order valence-electron chi connectivity index (χ4n) is 1.34. The number of halogens is 1. The van der Waals surface area contributed by atoms with Crippen molar-refractivity contribution in [2.24, 2.45) is 0 Å². The van der Waals surface area contributed by atoms with Crippen molar-refractivity contribution in [3.63, 3.8) is 0 Å². The van der Waals surface area contributed by atoms with E-state index >= 15 is 0 Å². The molecule has 0 radical (unpaired) electrons. The molecule has 0 heterocycles. The van der Waals surface area contributed by atoms with E-state index in [4.69, 9.17) is 9.90 Å². The van der Waals surface area contributed by atoms with Gasteiger partial charge in [-0.05, 0) is 18.9 Å². The average molecular weight is 311 g/mol. The maximum atomic E-state index is 9.14. The Kier molecular flexibility index (Phi) is 20.5. The van der Waals surface area contributed by atoms with Crippen LogP contribution in [0.5, 0.6) is 0 Å². The Bertz CT molecular complexity index is 215. The van der Waals surface area contributed by atoms with E-state index in [1.165, 1.54) is 25.9 Å². The highest BCUT2D eigenvalue weighted by molar-refractivity contribution is 5.76. The summed E-state index contributed by atoms with van der Waals surface area (Å²) in [4.78, 5) is 9.14. The van der Waals surface area contributed by atoms with Gasteiger partial charge in [0.2, 0.25) is 0 Å². The molecule has 0 aromatic rings. The van der Waals surface area contributed by atoms with Crippen molar-refractivity contribution in [2.75, 3.05) is 55.4 Å². The van der Waals surface area contributed by atoms with Crippen LogP contribution in [0.2, 0.25) is 0 Å². The lowest BCUT2D eigenvalue weighted by atomic mass is 10.4. The third-order valence-corrected chi connectivity index (χ3v) is 1.96. The smallest absolute Gasteiger partial charge is 0.0777 e. The van der Waals surface area contributed by atoms with Crippen molar-refractivity contribution in [3.8, 4) is 0 Å². The second kappa shape index (κ2) is 14.8. The molecule has 0 saturated heterocycles. The first-order valence-corrected chi connectivity index (χ1v) is 6.84. The van der Waals surface area contributed by atoms with E-state index in [-0.39, 0.29) is 12.4 Å². The Hall–Kier alpha value is -0.580. The van der Waals surface area contributed by atoms with Gasteiger partial charge in [0.05, 0.1) is 61.3 Å². The molecule has 0 saturated carbocycles. The molecular weight excluding hydrogens is 276 g/mol. The quantitative estimate of drug-likeness (QED) is 0.441. The largest absolute Gasteiger partial charge is 1.00 e. The topological polar surface area (TPSA) is 40.1 Å². The first-order chi connectivity index (χ1) is 8.39. The molecule has 0 atom stereocenters. The molecular formula is C15H35ClN2O2. The SMILES string of the molecule is C=CC(=O)[O-].CCC[N+](C)(C)C.CCC[N+](C)(C)C.[Cl-]. The fourth-order valence-corrected chi connectivity index (χ4v) is 1.34. The number of carboxylic acid groups (broad SMARTS) is 1. The van der Waals surface area contributed by atoms with Crippen LogP contribution in [0.15, 0.2) is 12.7 Å². The first-order valence-electron chi connectivity index (χ1n) is 6.84. The molecule has 0 unspecified atom stereocenters. The molecule has 0 aliphatic rings. The molecule has 5 heteroatoms. The third kappa shape index (κ3) is 52.9. The number of carboxylic acids is 1. The summed E-state index contributed by atoms with van der Waals surface area (Å²) in [5.41, 5.74) is 0. The second-order valence-corrected chi connectivity index (χ2v) is 6.55. The Morgan fingerprint density at radius 2 is 1.15 bits per heavy atom. The summed E-state index contributed by atoms with van der Waals surface area (Å²) in [5.74, 6) is -1.23. The molecule has 0 N–H and O–H groups in total. The maximum absolute atomic E-state index is 9.14. The van der Waals surface area contributed by atoms with Crippen molar-refractivity contribution in [1.82, 2.24) is 0 Å². The van der Waals surface area contributed by atoms with Crippen molar-refractivity contribution >= 4 is 5.97 Å².